The van der Waals surface area contributed by atoms with Crippen molar-refractivity contribution in [2.24, 2.45) is 0 Å². The highest BCUT2D eigenvalue weighted by Crippen LogP contribution is 2.24. The van der Waals surface area contributed by atoms with Gasteiger partial charge in [-0.05, 0) is 48.5 Å². The van der Waals surface area contributed by atoms with Crippen molar-refractivity contribution in [2.45, 2.75) is 6.54 Å². The molecule has 2 nitrogen and oxygen atoms in total. The fourth-order valence-corrected chi connectivity index (χ4v) is 2.93. The van der Waals surface area contributed by atoms with Gasteiger partial charge in [0.1, 0.15) is 11.5 Å². The van der Waals surface area contributed by atoms with Crippen LogP contribution in [0.1, 0.15) is 4.88 Å². The summed E-state index contributed by atoms with van der Waals surface area (Å²) in [6.07, 6.45) is 0. The van der Waals surface area contributed by atoms with E-state index in [2.05, 4.69) is 5.32 Å². The summed E-state index contributed by atoms with van der Waals surface area (Å²) in [4.78, 5) is 1.21. The number of para-hydroxylation sites is 1. The first kappa shape index (κ1) is 14.0. The van der Waals surface area contributed by atoms with Crippen molar-refractivity contribution in [3.05, 3.63) is 75.9 Å². The molecule has 3 rings (SSSR count). The summed E-state index contributed by atoms with van der Waals surface area (Å²) in [6, 6.07) is 21.6. The maximum absolute atomic E-state index is 5.91. The number of ether oxygens (including phenoxy) is 1. The monoisotopic (exact) mass is 315 g/mol. The Balaban J connectivity index is 1.59. The van der Waals surface area contributed by atoms with Gasteiger partial charge in [0, 0.05) is 17.1 Å². The molecule has 0 atom stereocenters. The van der Waals surface area contributed by atoms with Crippen LogP contribution in [0.5, 0.6) is 11.5 Å². The number of anilines is 1. The molecule has 0 spiro atoms. The van der Waals surface area contributed by atoms with E-state index in [-0.39, 0.29) is 0 Å². The quantitative estimate of drug-likeness (QED) is 0.642. The molecule has 1 aromatic heterocycles. The Morgan fingerprint density at radius 1 is 0.857 bits per heavy atom. The van der Waals surface area contributed by atoms with Crippen molar-refractivity contribution in [2.75, 3.05) is 5.32 Å². The van der Waals surface area contributed by atoms with Crippen LogP contribution in [0.3, 0.4) is 0 Å². The summed E-state index contributed by atoms with van der Waals surface area (Å²) < 4.78 is 6.57. The van der Waals surface area contributed by atoms with Gasteiger partial charge >= 0.3 is 0 Å². The number of nitrogens with one attached hydrogen (secondary N) is 1. The highest BCUT2D eigenvalue weighted by molar-refractivity contribution is 7.16. The lowest BCUT2D eigenvalue weighted by Gasteiger charge is -2.08. The minimum atomic E-state index is 0.774. The van der Waals surface area contributed by atoms with Crippen molar-refractivity contribution >= 4 is 28.6 Å². The molecule has 106 valence electrons. The summed E-state index contributed by atoms with van der Waals surface area (Å²) in [7, 11) is 0. The molecular weight excluding hydrogens is 302 g/mol. The Kier molecular flexibility index (Phi) is 4.43. The predicted octanol–water partition coefficient (Wildman–Crippen LogP) is 5.81. The molecule has 0 fully saturated rings. The predicted molar refractivity (Wildman–Crippen MR) is 89.6 cm³/mol. The van der Waals surface area contributed by atoms with Crippen LogP contribution in [0.25, 0.3) is 0 Å². The van der Waals surface area contributed by atoms with Crippen LogP contribution >= 0.6 is 22.9 Å². The summed E-state index contributed by atoms with van der Waals surface area (Å²) in [6.45, 7) is 0.774. The smallest absolute Gasteiger partial charge is 0.127 e. The average Bonchev–Trinajstić information content (AvgIpc) is 2.93. The molecule has 0 aliphatic heterocycles. The Labute approximate surface area is 133 Å². The van der Waals surface area contributed by atoms with Gasteiger partial charge in [0.2, 0.25) is 0 Å². The normalized spacial score (nSPS) is 10.3. The highest BCUT2D eigenvalue weighted by atomic mass is 35.5. The van der Waals surface area contributed by atoms with Crippen LogP contribution in [-0.2, 0) is 6.54 Å². The summed E-state index contributed by atoms with van der Waals surface area (Å²) in [5, 5.41) is 3.36. The molecule has 0 aliphatic rings. The number of halogens is 1. The minimum absolute atomic E-state index is 0.774. The zero-order valence-electron chi connectivity index (χ0n) is 11.3. The maximum Gasteiger partial charge on any atom is 0.127 e. The summed E-state index contributed by atoms with van der Waals surface area (Å²) in [5.74, 6) is 1.66. The second-order valence-electron chi connectivity index (χ2n) is 4.50. The Morgan fingerprint density at radius 3 is 2.24 bits per heavy atom. The van der Waals surface area contributed by atoms with E-state index in [1.54, 1.807) is 11.3 Å². The van der Waals surface area contributed by atoms with Gasteiger partial charge in [-0.3, -0.25) is 0 Å². The molecule has 0 saturated heterocycles. The third kappa shape index (κ3) is 4.00. The minimum Gasteiger partial charge on any atom is -0.457 e. The molecule has 1 heterocycles. The third-order valence-corrected chi connectivity index (χ3v) is 4.16. The fraction of sp³-hybridized carbons (Fsp3) is 0.0588. The van der Waals surface area contributed by atoms with Gasteiger partial charge in [0.15, 0.2) is 0 Å². The lowest BCUT2D eigenvalue weighted by molar-refractivity contribution is 0.483. The largest absolute Gasteiger partial charge is 0.457 e. The molecule has 1 N–H and O–H groups in total. The van der Waals surface area contributed by atoms with Gasteiger partial charge in [-0.15, -0.1) is 11.3 Å². The fourth-order valence-electron chi connectivity index (χ4n) is 1.90. The molecule has 21 heavy (non-hydrogen) atoms. The summed E-state index contributed by atoms with van der Waals surface area (Å²) in [5.41, 5.74) is 1.06. The molecule has 0 aliphatic carbocycles. The highest BCUT2D eigenvalue weighted by Gasteiger charge is 2.00. The zero-order chi connectivity index (χ0) is 14.5. The van der Waals surface area contributed by atoms with E-state index in [0.717, 1.165) is 28.1 Å². The molecule has 0 bridgehead atoms. The van der Waals surface area contributed by atoms with Gasteiger partial charge in [-0.25, -0.2) is 0 Å². The third-order valence-electron chi connectivity index (χ3n) is 2.93. The van der Waals surface area contributed by atoms with E-state index in [4.69, 9.17) is 16.3 Å². The zero-order valence-corrected chi connectivity index (χ0v) is 12.8. The number of hydrogen-bond acceptors (Lipinski definition) is 3. The second kappa shape index (κ2) is 6.66. The van der Waals surface area contributed by atoms with Gasteiger partial charge in [0.05, 0.1) is 4.34 Å². The van der Waals surface area contributed by atoms with E-state index in [1.807, 2.05) is 66.7 Å². The molecule has 0 amide bonds. The van der Waals surface area contributed by atoms with Crippen molar-refractivity contribution in [3.63, 3.8) is 0 Å². The Hall–Kier alpha value is -1.97. The van der Waals surface area contributed by atoms with Crippen LogP contribution in [-0.4, -0.2) is 0 Å². The van der Waals surface area contributed by atoms with Crippen LogP contribution in [0.4, 0.5) is 5.69 Å². The molecule has 0 radical (unpaired) electrons. The van der Waals surface area contributed by atoms with Crippen LogP contribution < -0.4 is 10.1 Å². The van der Waals surface area contributed by atoms with Gasteiger partial charge < -0.3 is 10.1 Å². The van der Waals surface area contributed by atoms with E-state index in [1.165, 1.54) is 4.88 Å². The van der Waals surface area contributed by atoms with Crippen molar-refractivity contribution in [1.82, 2.24) is 0 Å². The first-order valence-electron chi connectivity index (χ1n) is 6.61. The molecule has 4 heteroatoms. The van der Waals surface area contributed by atoms with Crippen molar-refractivity contribution in [1.29, 1.82) is 0 Å². The average molecular weight is 316 g/mol. The number of rotatable bonds is 5. The lowest BCUT2D eigenvalue weighted by atomic mass is 10.3. The summed E-state index contributed by atoms with van der Waals surface area (Å²) >= 11 is 7.50. The molecular formula is C17H14ClNOS. The lowest BCUT2D eigenvalue weighted by Crippen LogP contribution is -1.96. The van der Waals surface area contributed by atoms with Crippen LogP contribution in [0.15, 0.2) is 66.7 Å². The van der Waals surface area contributed by atoms with E-state index in [0.29, 0.717) is 0 Å². The number of hydrogen-bond donors (Lipinski definition) is 1. The SMILES string of the molecule is Clc1ccc(CNc2ccc(Oc3ccccc3)cc2)s1. The molecule has 0 unspecified atom stereocenters. The Bertz CT molecular complexity index is 694. The number of benzene rings is 2. The van der Waals surface area contributed by atoms with E-state index in [9.17, 15) is 0 Å². The first-order valence-corrected chi connectivity index (χ1v) is 7.80. The van der Waals surface area contributed by atoms with Gasteiger partial charge in [0.25, 0.3) is 0 Å². The molecule has 3 aromatic rings. The first-order chi connectivity index (χ1) is 10.3. The second-order valence-corrected chi connectivity index (χ2v) is 6.30. The molecule has 0 saturated carbocycles. The van der Waals surface area contributed by atoms with E-state index >= 15 is 0 Å². The van der Waals surface area contributed by atoms with Crippen LogP contribution in [0, 0.1) is 0 Å². The van der Waals surface area contributed by atoms with E-state index < -0.39 is 0 Å². The topological polar surface area (TPSA) is 21.3 Å². The van der Waals surface area contributed by atoms with Gasteiger partial charge in [-0.2, -0.15) is 0 Å². The maximum atomic E-state index is 5.91. The molecule has 2 aromatic carbocycles. The van der Waals surface area contributed by atoms with Crippen molar-refractivity contribution < 1.29 is 4.74 Å². The van der Waals surface area contributed by atoms with Gasteiger partial charge in [-0.1, -0.05) is 29.8 Å². The van der Waals surface area contributed by atoms with Crippen molar-refractivity contribution in [3.8, 4) is 11.5 Å². The Morgan fingerprint density at radius 2 is 1.57 bits per heavy atom. The van der Waals surface area contributed by atoms with Crippen LogP contribution in [0.2, 0.25) is 4.34 Å². The standard InChI is InChI=1S/C17H14ClNOS/c18-17-11-10-16(21-17)12-19-13-6-8-15(9-7-13)20-14-4-2-1-3-5-14/h1-11,19H,12H2. The number of thiophene rings is 1.